The average Bonchev–Trinajstić information content (AvgIpc) is 2.62. The summed E-state index contributed by atoms with van der Waals surface area (Å²) in [5.41, 5.74) is 3.43. The summed E-state index contributed by atoms with van der Waals surface area (Å²) in [4.78, 5) is 0. The van der Waals surface area contributed by atoms with Gasteiger partial charge in [-0.1, -0.05) is 90.5 Å². The number of aliphatic hydroxyl groups is 1. The van der Waals surface area contributed by atoms with Gasteiger partial charge in [-0.25, -0.2) is 0 Å². The Balaban J connectivity index is 1.91. The maximum Gasteiger partial charge on any atom is 0.115 e. The molecule has 0 bridgehead atoms. The molecule has 0 amide bonds. The molecule has 3 aromatic carbocycles. The van der Waals surface area contributed by atoms with E-state index in [4.69, 9.17) is 0 Å². The third kappa shape index (κ3) is 3.52. The summed E-state index contributed by atoms with van der Waals surface area (Å²) in [5, 5.41) is 11.5. The Kier molecular flexibility index (Phi) is 4.59. The van der Waals surface area contributed by atoms with E-state index in [2.05, 4.69) is 31.2 Å². The molecule has 23 heavy (non-hydrogen) atoms. The second kappa shape index (κ2) is 6.80. The molecule has 0 unspecified atom stereocenters. The van der Waals surface area contributed by atoms with Crippen molar-refractivity contribution < 1.29 is 5.11 Å². The average molecular weight is 302 g/mol. The number of rotatable bonds is 5. The van der Waals surface area contributed by atoms with E-state index in [0.717, 1.165) is 17.5 Å². The van der Waals surface area contributed by atoms with Crippen LogP contribution < -0.4 is 0 Å². The molecule has 0 saturated carbocycles. The highest BCUT2D eigenvalue weighted by atomic mass is 16.3. The topological polar surface area (TPSA) is 20.2 Å². The molecule has 0 fully saturated rings. The van der Waals surface area contributed by atoms with Crippen molar-refractivity contribution in [2.75, 3.05) is 0 Å². The number of hydrogen-bond donors (Lipinski definition) is 1. The first-order valence-corrected chi connectivity index (χ1v) is 8.07. The van der Waals surface area contributed by atoms with Crippen molar-refractivity contribution in [2.24, 2.45) is 0 Å². The van der Waals surface area contributed by atoms with Crippen LogP contribution in [0.3, 0.4) is 0 Å². The lowest BCUT2D eigenvalue weighted by molar-refractivity contribution is 0.0713. The van der Waals surface area contributed by atoms with Gasteiger partial charge in [-0.05, 0) is 36.5 Å². The molecule has 1 N–H and O–H groups in total. The standard InChI is InChI=1S/C22H22O/c1-18-12-14-19(15-13-18)16-17-22(23,20-8-4-2-5-9-20)21-10-6-3-7-11-21/h2-15,23H,16-17H2,1H3. The molecule has 0 radical (unpaired) electrons. The first kappa shape index (κ1) is 15.5. The predicted molar refractivity (Wildman–Crippen MR) is 95.4 cm³/mol. The summed E-state index contributed by atoms with van der Waals surface area (Å²) >= 11 is 0. The van der Waals surface area contributed by atoms with Crippen LogP contribution in [0.4, 0.5) is 0 Å². The van der Waals surface area contributed by atoms with Crippen molar-refractivity contribution in [2.45, 2.75) is 25.4 Å². The Hall–Kier alpha value is -2.38. The van der Waals surface area contributed by atoms with Gasteiger partial charge in [-0.15, -0.1) is 0 Å². The zero-order chi connectivity index (χ0) is 16.1. The van der Waals surface area contributed by atoms with Crippen molar-refractivity contribution >= 4 is 0 Å². The minimum Gasteiger partial charge on any atom is -0.380 e. The van der Waals surface area contributed by atoms with E-state index in [1.807, 2.05) is 60.7 Å². The number of benzene rings is 3. The summed E-state index contributed by atoms with van der Waals surface area (Å²) < 4.78 is 0. The fourth-order valence-electron chi connectivity index (χ4n) is 2.96. The van der Waals surface area contributed by atoms with Crippen LogP contribution in [-0.4, -0.2) is 5.11 Å². The normalized spacial score (nSPS) is 11.4. The number of hydrogen-bond acceptors (Lipinski definition) is 1. The second-order valence-electron chi connectivity index (χ2n) is 6.08. The Morgan fingerprint density at radius 3 is 1.65 bits per heavy atom. The molecule has 3 aromatic rings. The minimum absolute atomic E-state index is 0.657. The summed E-state index contributed by atoms with van der Waals surface area (Å²) in [5.74, 6) is 0. The van der Waals surface area contributed by atoms with E-state index in [0.29, 0.717) is 6.42 Å². The molecule has 3 rings (SSSR count). The fraction of sp³-hybridized carbons (Fsp3) is 0.182. The Morgan fingerprint density at radius 2 is 1.17 bits per heavy atom. The van der Waals surface area contributed by atoms with E-state index in [1.165, 1.54) is 11.1 Å². The zero-order valence-corrected chi connectivity index (χ0v) is 13.4. The molecule has 0 aromatic heterocycles. The number of aryl methyl sites for hydroxylation is 2. The predicted octanol–water partition coefficient (Wildman–Crippen LogP) is 4.86. The van der Waals surface area contributed by atoms with Gasteiger partial charge < -0.3 is 5.11 Å². The Labute approximate surface area is 138 Å². The van der Waals surface area contributed by atoms with Gasteiger partial charge >= 0.3 is 0 Å². The van der Waals surface area contributed by atoms with Gasteiger partial charge in [0.1, 0.15) is 5.60 Å². The Bertz CT molecular complexity index is 690. The molecule has 0 heterocycles. The van der Waals surface area contributed by atoms with E-state index >= 15 is 0 Å². The van der Waals surface area contributed by atoms with Gasteiger partial charge in [-0.2, -0.15) is 0 Å². The summed E-state index contributed by atoms with van der Waals surface area (Å²) in [6.07, 6.45) is 1.49. The molecule has 0 saturated heterocycles. The van der Waals surface area contributed by atoms with Crippen LogP contribution in [0, 0.1) is 6.92 Å². The quantitative estimate of drug-likeness (QED) is 0.713. The van der Waals surface area contributed by atoms with Gasteiger partial charge in [0.2, 0.25) is 0 Å². The van der Waals surface area contributed by atoms with E-state index < -0.39 is 5.60 Å². The molecule has 1 heteroatoms. The molecule has 0 spiro atoms. The smallest absolute Gasteiger partial charge is 0.115 e. The van der Waals surface area contributed by atoms with Crippen molar-refractivity contribution in [3.63, 3.8) is 0 Å². The third-order valence-electron chi connectivity index (χ3n) is 4.40. The van der Waals surface area contributed by atoms with Crippen LogP contribution in [0.25, 0.3) is 0 Å². The Morgan fingerprint density at radius 1 is 0.696 bits per heavy atom. The summed E-state index contributed by atoms with van der Waals surface area (Å²) in [7, 11) is 0. The highest BCUT2D eigenvalue weighted by Crippen LogP contribution is 2.34. The molecule has 116 valence electrons. The lowest BCUT2D eigenvalue weighted by Gasteiger charge is -2.29. The van der Waals surface area contributed by atoms with Gasteiger partial charge in [0.05, 0.1) is 0 Å². The third-order valence-corrected chi connectivity index (χ3v) is 4.40. The van der Waals surface area contributed by atoms with Gasteiger partial charge in [0.25, 0.3) is 0 Å². The maximum absolute atomic E-state index is 11.5. The SMILES string of the molecule is Cc1ccc(CCC(O)(c2ccccc2)c2ccccc2)cc1. The van der Waals surface area contributed by atoms with Crippen LogP contribution >= 0.6 is 0 Å². The van der Waals surface area contributed by atoms with Crippen LogP contribution in [0.1, 0.15) is 28.7 Å². The molecule has 0 aliphatic carbocycles. The second-order valence-corrected chi connectivity index (χ2v) is 6.08. The van der Waals surface area contributed by atoms with Gasteiger partial charge in [-0.3, -0.25) is 0 Å². The van der Waals surface area contributed by atoms with Crippen LogP contribution in [0.5, 0.6) is 0 Å². The van der Waals surface area contributed by atoms with Crippen molar-refractivity contribution in [1.82, 2.24) is 0 Å². The fourth-order valence-corrected chi connectivity index (χ4v) is 2.96. The molecular weight excluding hydrogens is 280 g/mol. The molecule has 0 aliphatic heterocycles. The molecule has 1 nitrogen and oxygen atoms in total. The van der Waals surface area contributed by atoms with Crippen LogP contribution in [0.2, 0.25) is 0 Å². The zero-order valence-electron chi connectivity index (χ0n) is 13.4. The van der Waals surface area contributed by atoms with Crippen molar-refractivity contribution in [3.05, 3.63) is 107 Å². The molecule has 0 atom stereocenters. The molecule has 0 aliphatic rings. The summed E-state index contributed by atoms with van der Waals surface area (Å²) in [6.45, 7) is 2.09. The van der Waals surface area contributed by atoms with E-state index in [1.54, 1.807) is 0 Å². The van der Waals surface area contributed by atoms with Gasteiger partial charge in [0.15, 0.2) is 0 Å². The van der Waals surface area contributed by atoms with Crippen molar-refractivity contribution in [3.8, 4) is 0 Å². The van der Waals surface area contributed by atoms with Crippen LogP contribution in [0.15, 0.2) is 84.9 Å². The monoisotopic (exact) mass is 302 g/mol. The lowest BCUT2D eigenvalue weighted by atomic mass is 9.82. The highest BCUT2D eigenvalue weighted by Gasteiger charge is 2.30. The first-order chi connectivity index (χ1) is 11.2. The first-order valence-electron chi connectivity index (χ1n) is 8.07. The van der Waals surface area contributed by atoms with Gasteiger partial charge in [0, 0.05) is 0 Å². The maximum atomic E-state index is 11.5. The largest absolute Gasteiger partial charge is 0.380 e. The van der Waals surface area contributed by atoms with Crippen LogP contribution in [-0.2, 0) is 12.0 Å². The highest BCUT2D eigenvalue weighted by molar-refractivity contribution is 5.36. The van der Waals surface area contributed by atoms with Crippen molar-refractivity contribution in [1.29, 1.82) is 0 Å². The van der Waals surface area contributed by atoms with E-state index in [-0.39, 0.29) is 0 Å². The van der Waals surface area contributed by atoms with E-state index in [9.17, 15) is 5.11 Å². The summed E-state index contributed by atoms with van der Waals surface area (Å²) in [6, 6.07) is 28.4. The minimum atomic E-state index is -0.965. The molecular formula is C22H22O. The lowest BCUT2D eigenvalue weighted by Crippen LogP contribution is -2.28.